The highest BCUT2D eigenvalue weighted by molar-refractivity contribution is 7.99. The largest absolute Gasteiger partial charge is 0.396 e. The molecule has 17 heavy (non-hydrogen) atoms. The Morgan fingerprint density at radius 3 is 2.76 bits per heavy atom. The highest BCUT2D eigenvalue weighted by Crippen LogP contribution is 2.25. The van der Waals surface area contributed by atoms with Crippen LogP contribution in [-0.2, 0) is 0 Å². The third-order valence-electron chi connectivity index (χ3n) is 2.06. The second-order valence-corrected chi connectivity index (χ2v) is 4.74. The molecular weight excluding hydrogens is 246 g/mol. The lowest BCUT2D eigenvalue weighted by molar-refractivity contribution is 0.250. The minimum atomic E-state index is -0.691. The van der Waals surface area contributed by atoms with Crippen molar-refractivity contribution in [3.05, 3.63) is 17.7 Å². The number of aliphatic hydroxyl groups excluding tert-OH is 1. The Hall–Kier alpha value is -0.880. The number of hydrogen-bond donors (Lipinski definition) is 2. The van der Waals surface area contributed by atoms with Gasteiger partial charge >= 0.3 is 0 Å². The fraction of sp³-hybridized carbons (Fsp3) is 0.545. The molecule has 1 heterocycles. The molecule has 96 valence electrons. The second kappa shape index (κ2) is 6.76. The Morgan fingerprint density at radius 2 is 2.18 bits per heavy atom. The zero-order chi connectivity index (χ0) is 12.8. The molecule has 0 aliphatic rings. The lowest BCUT2D eigenvalue weighted by Gasteiger charge is -2.10. The number of rotatable bonds is 6. The molecular formula is C11H16F2N2OS. The summed E-state index contributed by atoms with van der Waals surface area (Å²) in [5, 5.41) is 11.7. The zero-order valence-corrected chi connectivity index (χ0v) is 10.7. The van der Waals surface area contributed by atoms with Crippen molar-refractivity contribution in [2.75, 3.05) is 24.2 Å². The number of aliphatic hydroxyl groups is 1. The molecule has 2 N–H and O–H groups in total. The topological polar surface area (TPSA) is 45.2 Å². The maximum atomic E-state index is 13.4. The van der Waals surface area contributed by atoms with E-state index in [9.17, 15) is 8.78 Å². The Labute approximate surface area is 104 Å². The van der Waals surface area contributed by atoms with Gasteiger partial charge in [-0.15, -0.1) is 11.8 Å². The van der Waals surface area contributed by atoms with Gasteiger partial charge in [-0.05, 0) is 12.8 Å². The van der Waals surface area contributed by atoms with Crippen molar-refractivity contribution in [3.63, 3.8) is 0 Å². The molecule has 0 saturated carbocycles. The summed E-state index contributed by atoms with van der Waals surface area (Å²) in [7, 11) is 0. The molecule has 0 aromatic carbocycles. The molecule has 1 aromatic rings. The average Bonchev–Trinajstić information content (AvgIpc) is 2.30. The van der Waals surface area contributed by atoms with Crippen molar-refractivity contribution >= 4 is 17.6 Å². The van der Waals surface area contributed by atoms with Crippen molar-refractivity contribution in [1.82, 2.24) is 4.98 Å². The Morgan fingerprint density at radius 1 is 1.47 bits per heavy atom. The van der Waals surface area contributed by atoms with Gasteiger partial charge in [-0.3, -0.25) is 0 Å². The molecule has 0 aliphatic heterocycles. The van der Waals surface area contributed by atoms with Crippen LogP contribution in [0.15, 0.2) is 11.1 Å². The standard InChI is InChI=1S/C11H16F2N2OS/c1-3-14-10-8(12)4-9(13)11(15-10)17-6-7(2)5-16/h4,7,16H,3,5-6H2,1-2H3,(H,14,15). The van der Waals surface area contributed by atoms with Gasteiger partial charge in [0.2, 0.25) is 0 Å². The summed E-state index contributed by atoms with van der Waals surface area (Å²) in [6.07, 6.45) is 0. The summed E-state index contributed by atoms with van der Waals surface area (Å²) < 4.78 is 26.7. The van der Waals surface area contributed by atoms with Crippen LogP contribution in [0.2, 0.25) is 0 Å². The first-order valence-electron chi connectivity index (χ1n) is 5.42. The van der Waals surface area contributed by atoms with Crippen LogP contribution >= 0.6 is 11.8 Å². The van der Waals surface area contributed by atoms with Crippen molar-refractivity contribution in [1.29, 1.82) is 0 Å². The van der Waals surface area contributed by atoms with Gasteiger partial charge in [0.1, 0.15) is 5.03 Å². The van der Waals surface area contributed by atoms with Crippen molar-refractivity contribution in [2.45, 2.75) is 18.9 Å². The normalized spacial score (nSPS) is 12.5. The highest BCUT2D eigenvalue weighted by atomic mass is 32.2. The van der Waals surface area contributed by atoms with Gasteiger partial charge in [0, 0.05) is 25.0 Å². The van der Waals surface area contributed by atoms with E-state index in [-0.39, 0.29) is 23.4 Å². The van der Waals surface area contributed by atoms with Gasteiger partial charge in [0.25, 0.3) is 0 Å². The molecule has 1 unspecified atom stereocenters. The van der Waals surface area contributed by atoms with Crippen LogP contribution < -0.4 is 5.32 Å². The van der Waals surface area contributed by atoms with Crippen LogP contribution in [0.25, 0.3) is 0 Å². The SMILES string of the molecule is CCNc1nc(SCC(C)CO)c(F)cc1F. The number of aromatic nitrogens is 1. The van der Waals surface area contributed by atoms with E-state index in [0.717, 1.165) is 6.07 Å². The maximum Gasteiger partial charge on any atom is 0.168 e. The number of thioether (sulfide) groups is 1. The average molecular weight is 262 g/mol. The molecule has 1 rings (SSSR count). The summed E-state index contributed by atoms with van der Waals surface area (Å²) in [5.74, 6) is -0.706. The van der Waals surface area contributed by atoms with Gasteiger partial charge < -0.3 is 10.4 Å². The first-order valence-corrected chi connectivity index (χ1v) is 6.40. The Balaban J connectivity index is 2.80. The molecule has 6 heteroatoms. The van der Waals surface area contributed by atoms with Gasteiger partial charge in [-0.2, -0.15) is 0 Å². The molecule has 3 nitrogen and oxygen atoms in total. The minimum absolute atomic E-state index is 0.0376. The van der Waals surface area contributed by atoms with E-state index in [1.807, 2.05) is 13.8 Å². The van der Waals surface area contributed by atoms with Crippen molar-refractivity contribution in [3.8, 4) is 0 Å². The molecule has 1 atom stereocenters. The molecule has 1 aromatic heterocycles. The van der Waals surface area contributed by atoms with E-state index in [4.69, 9.17) is 5.11 Å². The molecule has 0 spiro atoms. The van der Waals surface area contributed by atoms with Crippen LogP contribution in [0, 0.1) is 17.6 Å². The van der Waals surface area contributed by atoms with Gasteiger partial charge in [-0.1, -0.05) is 6.92 Å². The first kappa shape index (κ1) is 14.2. The molecule has 0 saturated heterocycles. The third-order valence-corrected chi connectivity index (χ3v) is 3.35. The van der Waals surface area contributed by atoms with Gasteiger partial charge in [0.15, 0.2) is 17.5 Å². The second-order valence-electron chi connectivity index (χ2n) is 3.73. The van der Waals surface area contributed by atoms with Crippen molar-refractivity contribution in [2.24, 2.45) is 5.92 Å². The molecule has 0 fully saturated rings. The van der Waals surface area contributed by atoms with Crippen LogP contribution in [-0.4, -0.2) is 29.0 Å². The fourth-order valence-corrected chi connectivity index (χ4v) is 2.02. The third kappa shape index (κ3) is 4.12. The monoisotopic (exact) mass is 262 g/mol. The van der Waals surface area contributed by atoms with E-state index in [0.29, 0.717) is 12.3 Å². The first-order chi connectivity index (χ1) is 8.08. The molecule has 0 aliphatic carbocycles. The Bertz CT molecular complexity index is 377. The van der Waals surface area contributed by atoms with Gasteiger partial charge in [-0.25, -0.2) is 13.8 Å². The summed E-state index contributed by atoms with van der Waals surface area (Å²) >= 11 is 1.18. The van der Waals surface area contributed by atoms with E-state index in [1.54, 1.807) is 0 Å². The maximum absolute atomic E-state index is 13.4. The van der Waals surface area contributed by atoms with Crippen LogP contribution in [0.5, 0.6) is 0 Å². The number of pyridine rings is 1. The predicted octanol–water partition coefficient (Wildman–Crippen LogP) is 2.51. The van der Waals surface area contributed by atoms with E-state index in [1.165, 1.54) is 11.8 Å². The fourth-order valence-electron chi connectivity index (χ4n) is 1.12. The zero-order valence-electron chi connectivity index (χ0n) is 9.83. The molecule has 0 bridgehead atoms. The lowest BCUT2D eigenvalue weighted by atomic mass is 10.2. The predicted molar refractivity (Wildman–Crippen MR) is 65.3 cm³/mol. The summed E-state index contributed by atoms with van der Waals surface area (Å²) in [6, 6.07) is 0.830. The summed E-state index contributed by atoms with van der Waals surface area (Å²) in [4.78, 5) is 3.89. The number of halogens is 2. The van der Waals surface area contributed by atoms with E-state index >= 15 is 0 Å². The quantitative estimate of drug-likeness (QED) is 0.773. The van der Waals surface area contributed by atoms with Gasteiger partial charge in [0.05, 0.1) is 0 Å². The summed E-state index contributed by atoms with van der Waals surface area (Å²) in [6.45, 7) is 4.22. The molecule has 0 radical (unpaired) electrons. The smallest absolute Gasteiger partial charge is 0.168 e. The van der Waals surface area contributed by atoms with E-state index < -0.39 is 11.6 Å². The number of anilines is 1. The number of hydrogen-bond acceptors (Lipinski definition) is 4. The number of nitrogens with one attached hydrogen (secondary N) is 1. The minimum Gasteiger partial charge on any atom is -0.396 e. The lowest BCUT2D eigenvalue weighted by Crippen LogP contribution is -2.07. The summed E-state index contributed by atoms with van der Waals surface area (Å²) in [5.41, 5.74) is 0. The molecule has 0 amide bonds. The van der Waals surface area contributed by atoms with Crippen molar-refractivity contribution < 1.29 is 13.9 Å². The van der Waals surface area contributed by atoms with Crippen LogP contribution in [0.3, 0.4) is 0 Å². The van der Waals surface area contributed by atoms with Crippen LogP contribution in [0.4, 0.5) is 14.6 Å². The number of nitrogens with zero attached hydrogens (tertiary/aromatic N) is 1. The van der Waals surface area contributed by atoms with Crippen LogP contribution in [0.1, 0.15) is 13.8 Å². The highest BCUT2D eigenvalue weighted by Gasteiger charge is 2.13. The Kier molecular flexibility index (Phi) is 5.64. The van der Waals surface area contributed by atoms with E-state index in [2.05, 4.69) is 10.3 Å².